The fourth-order valence-corrected chi connectivity index (χ4v) is 4.54. The molecule has 0 radical (unpaired) electrons. The van der Waals surface area contributed by atoms with Crippen molar-refractivity contribution in [3.8, 4) is 11.3 Å². The third-order valence-corrected chi connectivity index (χ3v) is 6.68. The Balaban J connectivity index is 1.33. The number of benzene rings is 1. The Morgan fingerprint density at radius 1 is 1.06 bits per heavy atom. The van der Waals surface area contributed by atoms with Crippen LogP contribution >= 0.6 is 0 Å². The van der Waals surface area contributed by atoms with Crippen LogP contribution in [0, 0.1) is 0 Å². The molecular formula is C26H29N7O. The summed E-state index contributed by atoms with van der Waals surface area (Å²) in [6.45, 7) is 2.17. The van der Waals surface area contributed by atoms with Crippen LogP contribution in [0.5, 0.6) is 0 Å². The molecule has 0 unspecified atom stereocenters. The zero-order chi connectivity index (χ0) is 23.7. The van der Waals surface area contributed by atoms with Crippen LogP contribution in [0.25, 0.3) is 22.0 Å². The van der Waals surface area contributed by atoms with E-state index < -0.39 is 0 Å². The Morgan fingerprint density at radius 3 is 2.65 bits per heavy atom. The summed E-state index contributed by atoms with van der Waals surface area (Å²) in [7, 11) is 6.08. The second-order valence-electron chi connectivity index (χ2n) is 9.16. The average Bonchev–Trinajstić information content (AvgIpc) is 3.30. The number of likely N-dealkylation sites (tertiary alicyclic amines) is 1. The van der Waals surface area contributed by atoms with Gasteiger partial charge in [-0.25, -0.2) is 4.98 Å². The summed E-state index contributed by atoms with van der Waals surface area (Å²) in [5.74, 6) is 0.887. The van der Waals surface area contributed by atoms with Crippen molar-refractivity contribution in [3.05, 3.63) is 66.2 Å². The molecule has 8 nitrogen and oxygen atoms in total. The average molecular weight is 456 g/mol. The van der Waals surface area contributed by atoms with Gasteiger partial charge < -0.3 is 9.80 Å². The number of fused-ring (bicyclic) bond motifs is 1. The SMILES string of the molecule is CN1CCC(N(C)c2cc(C(=O)Cc3cc4cc(-c5cn(C)nn5)ccc4cn3)ccn2)CC1. The first-order chi connectivity index (χ1) is 16.5. The number of pyridine rings is 2. The summed E-state index contributed by atoms with van der Waals surface area (Å²) in [4.78, 5) is 26.8. The number of ketones is 1. The largest absolute Gasteiger partial charge is 0.357 e. The van der Waals surface area contributed by atoms with Crippen molar-refractivity contribution in [2.24, 2.45) is 7.05 Å². The second-order valence-corrected chi connectivity index (χ2v) is 9.16. The minimum atomic E-state index is 0.0392. The molecular weight excluding hydrogens is 426 g/mol. The molecule has 0 aliphatic carbocycles. The van der Waals surface area contributed by atoms with Gasteiger partial charge in [0, 0.05) is 54.7 Å². The van der Waals surface area contributed by atoms with Gasteiger partial charge in [0.05, 0.1) is 12.6 Å². The van der Waals surface area contributed by atoms with Crippen molar-refractivity contribution in [1.29, 1.82) is 0 Å². The van der Waals surface area contributed by atoms with Crippen LogP contribution in [0.3, 0.4) is 0 Å². The van der Waals surface area contributed by atoms with Gasteiger partial charge in [0.15, 0.2) is 5.78 Å². The van der Waals surface area contributed by atoms with Gasteiger partial charge in [-0.2, -0.15) is 0 Å². The lowest BCUT2D eigenvalue weighted by Gasteiger charge is -2.35. The van der Waals surface area contributed by atoms with Crippen LogP contribution in [0.15, 0.2) is 55.0 Å². The molecule has 3 aromatic heterocycles. The van der Waals surface area contributed by atoms with Gasteiger partial charge >= 0.3 is 0 Å². The lowest BCUT2D eigenvalue weighted by atomic mass is 10.0. The van der Waals surface area contributed by atoms with Gasteiger partial charge in [-0.15, -0.1) is 5.10 Å². The van der Waals surface area contributed by atoms with Crippen LogP contribution in [-0.4, -0.2) is 68.9 Å². The lowest BCUT2D eigenvalue weighted by molar-refractivity contribution is 0.0992. The number of aryl methyl sites for hydroxylation is 1. The number of Topliss-reactive ketones (excluding diaryl/α,β-unsaturated/α-hetero) is 1. The van der Waals surface area contributed by atoms with Crippen molar-refractivity contribution in [2.45, 2.75) is 25.3 Å². The fraction of sp³-hybridized carbons (Fsp3) is 0.346. The molecule has 0 saturated carbocycles. The number of aromatic nitrogens is 5. The number of piperidine rings is 1. The first kappa shape index (κ1) is 22.2. The van der Waals surface area contributed by atoms with E-state index in [0.29, 0.717) is 11.6 Å². The van der Waals surface area contributed by atoms with Crippen molar-refractivity contribution in [2.75, 3.05) is 32.1 Å². The molecule has 1 saturated heterocycles. The third kappa shape index (κ3) is 4.68. The highest BCUT2D eigenvalue weighted by Crippen LogP contribution is 2.24. The number of hydrogen-bond donors (Lipinski definition) is 0. The molecule has 0 atom stereocenters. The highest BCUT2D eigenvalue weighted by molar-refractivity contribution is 5.98. The Kier molecular flexibility index (Phi) is 6.06. The summed E-state index contributed by atoms with van der Waals surface area (Å²) < 4.78 is 1.68. The smallest absolute Gasteiger partial charge is 0.169 e. The van der Waals surface area contributed by atoms with E-state index in [-0.39, 0.29) is 12.2 Å². The molecule has 1 fully saturated rings. The van der Waals surface area contributed by atoms with Gasteiger partial charge in [-0.05, 0) is 62.6 Å². The van der Waals surface area contributed by atoms with Gasteiger partial charge in [0.25, 0.3) is 0 Å². The number of rotatable bonds is 6. The molecule has 1 aromatic carbocycles. The van der Waals surface area contributed by atoms with E-state index in [2.05, 4.69) is 50.2 Å². The van der Waals surface area contributed by atoms with Crippen LogP contribution in [-0.2, 0) is 13.5 Å². The Labute approximate surface area is 199 Å². The van der Waals surface area contributed by atoms with Crippen molar-refractivity contribution < 1.29 is 4.79 Å². The summed E-state index contributed by atoms with van der Waals surface area (Å²) in [5.41, 5.74) is 3.22. The quantitative estimate of drug-likeness (QED) is 0.412. The Morgan fingerprint density at radius 2 is 1.88 bits per heavy atom. The molecule has 0 spiro atoms. The predicted octanol–water partition coefficient (Wildman–Crippen LogP) is 3.38. The molecule has 174 valence electrons. The standard InChI is InChI=1S/C26H29N7O/c1-31-10-7-23(8-11-31)33(3)26-14-19(6-9-27-26)25(34)15-22-13-21-12-18(4-5-20(21)16-28-22)24-17-32(2)30-29-24/h4-6,9,12-14,16-17,23H,7-8,10-11,15H2,1-3H3. The van der Waals surface area contributed by atoms with Crippen molar-refractivity contribution >= 4 is 22.4 Å². The zero-order valence-electron chi connectivity index (χ0n) is 19.8. The fourth-order valence-electron chi connectivity index (χ4n) is 4.54. The number of carbonyl (C=O) groups excluding carboxylic acids is 1. The summed E-state index contributed by atoms with van der Waals surface area (Å²) in [5, 5.41) is 10.3. The second kappa shape index (κ2) is 9.30. The van der Waals surface area contributed by atoms with Gasteiger partial charge in [0.2, 0.25) is 0 Å². The van der Waals surface area contributed by atoms with E-state index in [4.69, 9.17) is 0 Å². The van der Waals surface area contributed by atoms with Crippen LogP contribution < -0.4 is 4.90 Å². The molecule has 34 heavy (non-hydrogen) atoms. The highest BCUT2D eigenvalue weighted by atomic mass is 16.1. The Bertz CT molecular complexity index is 1320. The first-order valence-electron chi connectivity index (χ1n) is 11.6. The van der Waals surface area contributed by atoms with E-state index in [9.17, 15) is 4.79 Å². The third-order valence-electron chi connectivity index (χ3n) is 6.68. The molecule has 8 heteroatoms. The van der Waals surface area contributed by atoms with Gasteiger partial charge in [-0.3, -0.25) is 14.5 Å². The minimum Gasteiger partial charge on any atom is -0.357 e. The lowest BCUT2D eigenvalue weighted by Crippen LogP contribution is -2.42. The molecule has 1 aliphatic rings. The molecule has 0 N–H and O–H groups in total. The molecule has 5 rings (SSSR count). The van der Waals surface area contributed by atoms with Crippen LogP contribution in [0.2, 0.25) is 0 Å². The monoisotopic (exact) mass is 455 g/mol. The predicted molar refractivity (Wildman–Crippen MR) is 133 cm³/mol. The maximum Gasteiger partial charge on any atom is 0.169 e. The summed E-state index contributed by atoms with van der Waals surface area (Å²) >= 11 is 0. The van der Waals surface area contributed by atoms with E-state index in [1.165, 1.54) is 0 Å². The van der Waals surface area contributed by atoms with Crippen molar-refractivity contribution in [1.82, 2.24) is 29.9 Å². The minimum absolute atomic E-state index is 0.0392. The van der Waals surface area contributed by atoms with E-state index in [0.717, 1.165) is 59.5 Å². The normalized spacial score (nSPS) is 15.0. The van der Waals surface area contributed by atoms with E-state index >= 15 is 0 Å². The zero-order valence-corrected chi connectivity index (χ0v) is 19.8. The summed E-state index contributed by atoms with van der Waals surface area (Å²) in [6, 6.07) is 12.2. The Hall–Kier alpha value is -3.65. The van der Waals surface area contributed by atoms with E-state index in [1.54, 1.807) is 16.9 Å². The highest BCUT2D eigenvalue weighted by Gasteiger charge is 2.22. The topological polar surface area (TPSA) is 80.0 Å². The first-order valence-corrected chi connectivity index (χ1v) is 11.6. The number of anilines is 1. The van der Waals surface area contributed by atoms with Crippen LogP contribution in [0.1, 0.15) is 28.9 Å². The number of hydrogen-bond acceptors (Lipinski definition) is 7. The molecule has 4 aromatic rings. The summed E-state index contributed by atoms with van der Waals surface area (Å²) in [6.07, 6.45) is 7.89. The molecule has 0 amide bonds. The maximum atomic E-state index is 13.1. The van der Waals surface area contributed by atoms with Gasteiger partial charge in [-0.1, -0.05) is 17.3 Å². The maximum absolute atomic E-state index is 13.1. The number of carbonyl (C=O) groups is 1. The molecule has 1 aliphatic heterocycles. The van der Waals surface area contributed by atoms with Gasteiger partial charge in [0.1, 0.15) is 11.5 Å². The molecule has 4 heterocycles. The van der Waals surface area contributed by atoms with E-state index in [1.807, 2.05) is 43.7 Å². The van der Waals surface area contributed by atoms with Crippen LogP contribution in [0.4, 0.5) is 5.82 Å². The van der Waals surface area contributed by atoms with Crippen molar-refractivity contribution in [3.63, 3.8) is 0 Å². The number of nitrogens with zero attached hydrogens (tertiary/aromatic N) is 7. The molecule has 0 bridgehead atoms.